The fourth-order valence-electron chi connectivity index (χ4n) is 8.69. The van der Waals surface area contributed by atoms with Gasteiger partial charge in [0.25, 0.3) is 0 Å². The van der Waals surface area contributed by atoms with Crippen LogP contribution in [0.25, 0.3) is 0 Å². The highest BCUT2D eigenvalue weighted by atomic mass is 16.6. The molecule has 0 amide bonds. The molecule has 67 heavy (non-hydrogen) atoms. The summed E-state index contributed by atoms with van der Waals surface area (Å²) in [5, 5.41) is 0. The molecule has 0 saturated heterocycles. The molecule has 0 aliphatic carbocycles. The van der Waals surface area contributed by atoms with Crippen LogP contribution in [0.4, 0.5) is 0 Å². The average Bonchev–Trinajstić information content (AvgIpc) is 3.33. The zero-order chi connectivity index (χ0) is 48.6. The molecular formula is C61H112O6. The van der Waals surface area contributed by atoms with Crippen LogP contribution < -0.4 is 0 Å². The van der Waals surface area contributed by atoms with Crippen molar-refractivity contribution in [1.82, 2.24) is 0 Å². The van der Waals surface area contributed by atoms with E-state index < -0.39 is 6.10 Å². The van der Waals surface area contributed by atoms with Crippen LogP contribution in [0, 0.1) is 0 Å². The number of rotatable bonds is 54. The molecule has 0 radical (unpaired) electrons. The molecule has 6 nitrogen and oxygen atoms in total. The predicted molar refractivity (Wildman–Crippen MR) is 289 cm³/mol. The molecule has 0 N–H and O–H groups in total. The summed E-state index contributed by atoms with van der Waals surface area (Å²) in [6.45, 7) is 6.64. The Balaban J connectivity index is 4.37. The zero-order valence-corrected chi connectivity index (χ0v) is 44.9. The average molecular weight is 942 g/mol. The summed E-state index contributed by atoms with van der Waals surface area (Å²) in [6, 6.07) is 0. The number of esters is 3. The van der Waals surface area contributed by atoms with Gasteiger partial charge in [-0.2, -0.15) is 0 Å². The number of carbonyl (C=O) groups excluding carboxylic acids is 3. The number of allylic oxidation sites excluding steroid dienone is 6. The Kier molecular flexibility index (Phi) is 54.2. The summed E-state index contributed by atoms with van der Waals surface area (Å²) >= 11 is 0. The third-order valence-corrected chi connectivity index (χ3v) is 13.1. The highest BCUT2D eigenvalue weighted by Gasteiger charge is 2.19. The van der Waals surface area contributed by atoms with Crippen LogP contribution in [0.3, 0.4) is 0 Å². The highest BCUT2D eigenvalue weighted by Crippen LogP contribution is 2.17. The first-order valence-electron chi connectivity index (χ1n) is 29.5. The lowest BCUT2D eigenvalue weighted by Crippen LogP contribution is -2.30. The van der Waals surface area contributed by atoms with Gasteiger partial charge in [-0.05, 0) is 57.8 Å². The van der Waals surface area contributed by atoms with Crippen LogP contribution in [0.2, 0.25) is 0 Å². The summed E-state index contributed by atoms with van der Waals surface area (Å²) in [5.41, 5.74) is 0. The zero-order valence-electron chi connectivity index (χ0n) is 44.9. The first-order valence-corrected chi connectivity index (χ1v) is 29.5. The van der Waals surface area contributed by atoms with Gasteiger partial charge in [-0.3, -0.25) is 14.4 Å². The minimum Gasteiger partial charge on any atom is -0.462 e. The largest absolute Gasteiger partial charge is 0.462 e. The van der Waals surface area contributed by atoms with Gasteiger partial charge >= 0.3 is 17.9 Å². The molecule has 0 aliphatic rings. The maximum absolute atomic E-state index is 12.9. The number of carbonyl (C=O) groups is 3. The first kappa shape index (κ1) is 64.6. The molecular weight excluding hydrogens is 829 g/mol. The molecule has 0 unspecified atom stereocenters. The highest BCUT2D eigenvalue weighted by molar-refractivity contribution is 5.71. The lowest BCUT2D eigenvalue weighted by atomic mass is 10.0. The van der Waals surface area contributed by atoms with Gasteiger partial charge in [-0.1, -0.05) is 276 Å². The number of unbranched alkanes of at least 4 members (excludes halogenated alkanes) is 37. The monoisotopic (exact) mass is 941 g/mol. The van der Waals surface area contributed by atoms with E-state index in [1.54, 1.807) is 0 Å². The first-order chi connectivity index (χ1) is 33.0. The molecule has 0 fully saturated rings. The lowest BCUT2D eigenvalue weighted by molar-refractivity contribution is -0.167. The predicted octanol–water partition coefficient (Wildman–Crippen LogP) is 19.7. The molecule has 0 bridgehead atoms. The van der Waals surface area contributed by atoms with E-state index in [0.717, 1.165) is 83.5 Å². The van der Waals surface area contributed by atoms with E-state index in [4.69, 9.17) is 14.2 Å². The van der Waals surface area contributed by atoms with Crippen LogP contribution in [0.15, 0.2) is 36.5 Å². The van der Waals surface area contributed by atoms with Crippen LogP contribution >= 0.6 is 0 Å². The topological polar surface area (TPSA) is 78.9 Å². The third kappa shape index (κ3) is 54.4. The second-order valence-electron chi connectivity index (χ2n) is 19.9. The van der Waals surface area contributed by atoms with E-state index in [1.165, 1.54) is 193 Å². The van der Waals surface area contributed by atoms with Crippen LogP contribution in [-0.4, -0.2) is 37.2 Å². The minimum atomic E-state index is -0.777. The van der Waals surface area contributed by atoms with Gasteiger partial charge in [0.2, 0.25) is 0 Å². The molecule has 0 aromatic rings. The molecule has 0 rings (SSSR count). The molecule has 1 atom stereocenters. The molecule has 0 aromatic carbocycles. The van der Waals surface area contributed by atoms with Crippen molar-refractivity contribution in [3.63, 3.8) is 0 Å². The number of hydrogen-bond donors (Lipinski definition) is 0. The van der Waals surface area contributed by atoms with Gasteiger partial charge in [0, 0.05) is 19.3 Å². The molecule has 392 valence electrons. The Morgan fingerprint density at radius 2 is 0.537 bits per heavy atom. The summed E-state index contributed by atoms with van der Waals surface area (Å²) in [7, 11) is 0. The van der Waals surface area contributed by atoms with Gasteiger partial charge in [0.15, 0.2) is 6.10 Å². The van der Waals surface area contributed by atoms with Crippen molar-refractivity contribution in [2.75, 3.05) is 13.2 Å². The standard InChI is InChI=1S/C61H112O6/c1-4-7-10-13-16-19-22-25-28-30-33-36-39-42-45-48-51-54-60(63)66-57-58(56-65-59(62)53-50-47-44-41-38-35-32-27-24-21-18-15-12-9-6-3)67-61(64)55-52-49-46-43-40-37-34-31-29-26-23-20-17-14-11-8-5-2/h16,19,25,28,33,36,58H,4-15,17-18,20-24,26-27,29-32,34-35,37-57H2,1-3H3/b19-16+,28-25+,36-33+/t58-/m1/s1. The molecule has 0 saturated carbocycles. The van der Waals surface area contributed by atoms with E-state index in [1.807, 2.05) is 0 Å². The van der Waals surface area contributed by atoms with Crippen molar-refractivity contribution in [2.24, 2.45) is 0 Å². The smallest absolute Gasteiger partial charge is 0.306 e. The summed E-state index contributed by atoms with van der Waals surface area (Å²) in [6.07, 6.45) is 67.0. The fourth-order valence-corrected chi connectivity index (χ4v) is 8.69. The fraction of sp³-hybridized carbons (Fsp3) is 0.852. The van der Waals surface area contributed by atoms with Gasteiger partial charge in [-0.15, -0.1) is 0 Å². The van der Waals surface area contributed by atoms with Crippen molar-refractivity contribution < 1.29 is 28.6 Å². The molecule has 0 aromatic heterocycles. The molecule has 0 spiro atoms. The van der Waals surface area contributed by atoms with Crippen LogP contribution in [-0.2, 0) is 28.6 Å². The van der Waals surface area contributed by atoms with E-state index in [-0.39, 0.29) is 31.1 Å². The molecule has 0 heterocycles. The number of hydrogen-bond acceptors (Lipinski definition) is 6. The van der Waals surface area contributed by atoms with Crippen LogP contribution in [0.1, 0.15) is 316 Å². The Labute approximate surface area is 416 Å². The van der Waals surface area contributed by atoms with Gasteiger partial charge in [0.05, 0.1) is 0 Å². The number of ether oxygens (including phenoxy) is 3. The van der Waals surface area contributed by atoms with Crippen molar-refractivity contribution in [3.05, 3.63) is 36.5 Å². The quantitative estimate of drug-likeness (QED) is 0.0262. The SMILES string of the molecule is CCCCC/C=C/C/C=C/C/C=C/CCCCCCC(=O)OC[C@@H](COC(=O)CCCCCCCCCCCCCCCCC)OC(=O)CCCCCCCCCCCCCCCCCCC. The van der Waals surface area contributed by atoms with E-state index in [0.29, 0.717) is 19.3 Å². The summed E-state index contributed by atoms with van der Waals surface area (Å²) in [5.74, 6) is -0.876. The Morgan fingerprint density at radius 3 is 0.866 bits per heavy atom. The van der Waals surface area contributed by atoms with Crippen molar-refractivity contribution >= 4 is 17.9 Å². The summed E-state index contributed by atoms with van der Waals surface area (Å²) in [4.78, 5) is 38.2. The van der Waals surface area contributed by atoms with Crippen molar-refractivity contribution in [1.29, 1.82) is 0 Å². The summed E-state index contributed by atoms with van der Waals surface area (Å²) < 4.78 is 16.9. The van der Waals surface area contributed by atoms with Crippen molar-refractivity contribution in [2.45, 2.75) is 322 Å². The van der Waals surface area contributed by atoms with Crippen molar-refractivity contribution in [3.8, 4) is 0 Å². The Bertz CT molecular complexity index is 1130. The Morgan fingerprint density at radius 1 is 0.299 bits per heavy atom. The van der Waals surface area contributed by atoms with E-state index in [2.05, 4.69) is 57.2 Å². The van der Waals surface area contributed by atoms with E-state index in [9.17, 15) is 14.4 Å². The molecule has 6 heteroatoms. The maximum atomic E-state index is 12.9. The third-order valence-electron chi connectivity index (χ3n) is 13.1. The van der Waals surface area contributed by atoms with E-state index >= 15 is 0 Å². The molecule has 0 aliphatic heterocycles. The second kappa shape index (κ2) is 56.2. The van der Waals surface area contributed by atoms with Gasteiger partial charge in [0.1, 0.15) is 13.2 Å². The van der Waals surface area contributed by atoms with Gasteiger partial charge < -0.3 is 14.2 Å². The van der Waals surface area contributed by atoms with Crippen LogP contribution in [0.5, 0.6) is 0 Å². The minimum absolute atomic E-state index is 0.0743. The second-order valence-corrected chi connectivity index (χ2v) is 19.9. The lowest BCUT2D eigenvalue weighted by Gasteiger charge is -2.18. The normalized spacial score (nSPS) is 12.2. The maximum Gasteiger partial charge on any atom is 0.306 e. The van der Waals surface area contributed by atoms with Gasteiger partial charge in [-0.25, -0.2) is 0 Å². The Hall–Kier alpha value is -2.37.